The molecule has 1 saturated heterocycles. The fourth-order valence-corrected chi connectivity index (χ4v) is 7.25. The molecule has 2 unspecified atom stereocenters. The van der Waals surface area contributed by atoms with Gasteiger partial charge in [-0.15, -0.1) is 27.9 Å². The zero-order chi connectivity index (χ0) is 26.0. The van der Waals surface area contributed by atoms with E-state index in [1.165, 1.54) is 23.9 Å². The highest BCUT2D eigenvalue weighted by Gasteiger charge is 2.57. The number of hydrogen-bond donors (Lipinski definition) is 2. The van der Waals surface area contributed by atoms with Gasteiger partial charge in [0.1, 0.15) is 5.70 Å². The van der Waals surface area contributed by atoms with Crippen LogP contribution < -0.4 is 5.32 Å². The first-order valence-corrected chi connectivity index (χ1v) is 14.2. The second-order valence-electron chi connectivity index (χ2n) is 7.80. The Bertz CT molecular complexity index is 1200. The van der Waals surface area contributed by atoms with E-state index in [0.29, 0.717) is 4.24 Å². The first-order chi connectivity index (χ1) is 16.4. The van der Waals surface area contributed by atoms with Crippen molar-refractivity contribution in [3.05, 3.63) is 39.8 Å². The average Bonchev–Trinajstić information content (AvgIpc) is 3.12. The Labute approximate surface area is 212 Å². The second-order valence-corrected chi connectivity index (χ2v) is 12.1. The molecule has 0 radical (unpaired) electrons. The van der Waals surface area contributed by atoms with Gasteiger partial charge in [-0.25, -0.2) is 4.79 Å². The number of benzene rings is 1. The number of amidine groups is 1. The number of urea groups is 1. The lowest BCUT2D eigenvalue weighted by atomic mass is 10.00. The fraction of sp³-hybridized carbons (Fsp3) is 0.455. The maximum Gasteiger partial charge on any atom is 0.330 e. The molecule has 2 aliphatic heterocycles. The van der Waals surface area contributed by atoms with Crippen molar-refractivity contribution < 1.29 is 32.6 Å². The number of ketones is 1. The number of fused-ring (bicyclic) bond motifs is 1. The summed E-state index contributed by atoms with van der Waals surface area (Å²) in [5.74, 6) is -1.01. The maximum atomic E-state index is 13.0. The SMILES string of the molecule is CCOC(=O)CCSC1=C2C(=NS(=O)(=O)c3ccc(C)cc3)NC(=O)N2C(O)(C(=O)CC)C(C)S1. The van der Waals surface area contributed by atoms with E-state index in [1.54, 1.807) is 32.9 Å². The summed E-state index contributed by atoms with van der Waals surface area (Å²) in [6, 6.07) is 5.19. The minimum Gasteiger partial charge on any atom is -0.466 e. The van der Waals surface area contributed by atoms with Crippen molar-refractivity contribution in [1.82, 2.24) is 10.2 Å². The summed E-state index contributed by atoms with van der Waals surface area (Å²) in [6.45, 7) is 6.93. The molecule has 1 fully saturated rings. The molecule has 2 atom stereocenters. The van der Waals surface area contributed by atoms with E-state index >= 15 is 0 Å². The van der Waals surface area contributed by atoms with Gasteiger partial charge in [0, 0.05) is 12.2 Å². The molecule has 1 aromatic carbocycles. The molecule has 35 heavy (non-hydrogen) atoms. The Morgan fingerprint density at radius 1 is 1.29 bits per heavy atom. The van der Waals surface area contributed by atoms with Crippen molar-refractivity contribution in [3.63, 3.8) is 0 Å². The molecule has 1 aromatic rings. The molecule has 2 N–H and O–H groups in total. The summed E-state index contributed by atoms with van der Waals surface area (Å²) in [4.78, 5) is 38.3. The van der Waals surface area contributed by atoms with Crippen LogP contribution in [-0.2, 0) is 24.3 Å². The van der Waals surface area contributed by atoms with E-state index in [0.717, 1.165) is 22.2 Å². The van der Waals surface area contributed by atoms with Crippen molar-refractivity contribution >= 4 is 57.2 Å². The van der Waals surface area contributed by atoms with E-state index in [1.807, 2.05) is 6.92 Å². The lowest BCUT2D eigenvalue weighted by Crippen LogP contribution is -2.62. The first kappa shape index (κ1) is 27.2. The van der Waals surface area contributed by atoms with Gasteiger partial charge in [-0.1, -0.05) is 24.6 Å². The van der Waals surface area contributed by atoms with Crippen LogP contribution in [0.3, 0.4) is 0 Å². The van der Waals surface area contributed by atoms with E-state index < -0.39 is 38.8 Å². The standard InChI is InChI=1S/C22H27N3O7S3/c1-5-16(26)22(29)14(4)34-20(33-12-11-17(27)32-6-2)18-19(23-21(28)25(18)22)24-35(30,31)15-9-7-13(3)8-10-15/h7-10,14,29H,5-6,11-12H2,1-4H3,(H,23,24,28). The Morgan fingerprint density at radius 3 is 2.54 bits per heavy atom. The Hall–Kier alpha value is -2.35. The molecule has 2 heterocycles. The van der Waals surface area contributed by atoms with Gasteiger partial charge in [0.05, 0.1) is 27.4 Å². The van der Waals surface area contributed by atoms with Crippen LogP contribution in [0.2, 0.25) is 0 Å². The quantitative estimate of drug-likeness (QED) is 0.451. The van der Waals surface area contributed by atoms with Crippen molar-refractivity contribution in [3.8, 4) is 0 Å². The number of esters is 1. The second kappa shape index (κ2) is 10.7. The number of rotatable bonds is 9. The predicted octanol–water partition coefficient (Wildman–Crippen LogP) is 2.77. The summed E-state index contributed by atoms with van der Waals surface area (Å²) < 4.78 is 35.2. The number of sulfonamides is 1. The number of amides is 2. The van der Waals surface area contributed by atoms with E-state index in [2.05, 4.69) is 9.71 Å². The number of nitrogens with one attached hydrogen (secondary N) is 1. The molecule has 0 saturated carbocycles. The van der Waals surface area contributed by atoms with Gasteiger partial charge in [0.2, 0.25) is 5.72 Å². The third kappa shape index (κ3) is 5.42. The number of ether oxygens (including phenoxy) is 1. The molecule has 0 spiro atoms. The number of aryl methyl sites for hydroxylation is 1. The number of thioether (sulfide) groups is 2. The molecular weight excluding hydrogens is 514 g/mol. The van der Waals surface area contributed by atoms with Crippen LogP contribution >= 0.6 is 23.5 Å². The summed E-state index contributed by atoms with van der Waals surface area (Å²) in [6.07, 6.45) is 0.0375. The number of nitrogens with zero attached hydrogens (tertiary/aromatic N) is 2. The monoisotopic (exact) mass is 541 g/mol. The van der Waals surface area contributed by atoms with E-state index in [-0.39, 0.29) is 41.6 Å². The molecule has 0 aromatic heterocycles. The molecule has 190 valence electrons. The third-order valence-electron chi connectivity index (χ3n) is 5.37. The summed E-state index contributed by atoms with van der Waals surface area (Å²) in [5.41, 5.74) is -1.35. The highest BCUT2D eigenvalue weighted by Crippen LogP contribution is 2.49. The van der Waals surface area contributed by atoms with Gasteiger partial charge in [-0.05, 0) is 32.9 Å². The van der Waals surface area contributed by atoms with Gasteiger partial charge in [-0.2, -0.15) is 8.42 Å². The predicted molar refractivity (Wildman–Crippen MR) is 134 cm³/mol. The van der Waals surface area contributed by atoms with Crippen LogP contribution in [-0.4, -0.2) is 65.4 Å². The van der Waals surface area contributed by atoms with Crippen LogP contribution in [0.25, 0.3) is 0 Å². The maximum absolute atomic E-state index is 13.0. The van der Waals surface area contributed by atoms with Crippen LogP contribution in [0, 0.1) is 6.92 Å². The molecule has 13 heteroatoms. The van der Waals surface area contributed by atoms with Gasteiger partial charge in [-0.3, -0.25) is 19.8 Å². The number of carbonyl (C=O) groups is 3. The van der Waals surface area contributed by atoms with Gasteiger partial charge < -0.3 is 9.84 Å². The Balaban J connectivity index is 2.09. The Kier molecular flexibility index (Phi) is 8.35. The molecule has 0 bridgehead atoms. The summed E-state index contributed by atoms with van der Waals surface area (Å²) in [5, 5.41) is 13.0. The number of carbonyl (C=O) groups excluding carboxylic acids is 3. The molecule has 2 aliphatic rings. The van der Waals surface area contributed by atoms with E-state index in [9.17, 15) is 27.9 Å². The molecule has 2 amide bonds. The van der Waals surface area contributed by atoms with Crippen molar-refractivity contribution in [2.45, 2.75) is 56.4 Å². The number of Topliss-reactive ketones (excluding diaryl/α,β-unsaturated/α-hetero) is 1. The normalized spacial score (nSPS) is 23.3. The minimum atomic E-state index is -4.22. The van der Waals surface area contributed by atoms with Gasteiger partial charge in [0.25, 0.3) is 10.0 Å². The van der Waals surface area contributed by atoms with Crippen molar-refractivity contribution in [1.29, 1.82) is 0 Å². The van der Waals surface area contributed by atoms with Gasteiger partial charge >= 0.3 is 12.0 Å². The first-order valence-electron chi connectivity index (χ1n) is 10.9. The fourth-order valence-electron chi connectivity index (χ4n) is 3.54. The van der Waals surface area contributed by atoms with Crippen LogP contribution in [0.15, 0.2) is 43.5 Å². The molecular formula is C22H27N3O7S3. The van der Waals surface area contributed by atoms with E-state index in [4.69, 9.17) is 4.74 Å². The van der Waals surface area contributed by atoms with Crippen molar-refractivity contribution in [2.75, 3.05) is 12.4 Å². The summed E-state index contributed by atoms with van der Waals surface area (Å²) >= 11 is 2.31. The van der Waals surface area contributed by atoms with Crippen molar-refractivity contribution in [2.24, 2.45) is 4.40 Å². The number of aliphatic hydroxyl groups is 1. The minimum absolute atomic E-state index is 0.00746. The van der Waals surface area contributed by atoms with Gasteiger partial charge in [0.15, 0.2) is 11.6 Å². The zero-order valence-electron chi connectivity index (χ0n) is 19.7. The third-order valence-corrected chi connectivity index (χ3v) is 9.25. The van der Waals surface area contributed by atoms with Crippen LogP contribution in [0.5, 0.6) is 0 Å². The number of hydrogen-bond acceptors (Lipinski definition) is 9. The lowest BCUT2D eigenvalue weighted by Gasteiger charge is -2.43. The largest absolute Gasteiger partial charge is 0.466 e. The molecule has 3 rings (SSSR count). The zero-order valence-corrected chi connectivity index (χ0v) is 22.2. The Morgan fingerprint density at radius 2 is 1.94 bits per heavy atom. The molecule has 10 nitrogen and oxygen atoms in total. The topological polar surface area (TPSA) is 142 Å². The van der Waals surface area contributed by atoms with Crippen LogP contribution in [0.4, 0.5) is 4.79 Å². The highest BCUT2D eigenvalue weighted by molar-refractivity contribution is 8.22. The molecule has 0 aliphatic carbocycles. The lowest BCUT2D eigenvalue weighted by molar-refractivity contribution is -0.149. The smallest absolute Gasteiger partial charge is 0.330 e. The van der Waals surface area contributed by atoms with Crippen LogP contribution in [0.1, 0.15) is 39.2 Å². The highest BCUT2D eigenvalue weighted by atomic mass is 32.2. The average molecular weight is 542 g/mol. The summed E-state index contributed by atoms with van der Waals surface area (Å²) in [7, 11) is -4.22.